The molecule has 0 heterocycles. The van der Waals surface area contributed by atoms with Crippen LogP contribution in [0.2, 0.25) is 0 Å². The summed E-state index contributed by atoms with van der Waals surface area (Å²) in [6.45, 7) is 2.56. The number of nitrogens with zero attached hydrogens (tertiary/aromatic N) is 1. The first-order chi connectivity index (χ1) is 6.65. The van der Waals surface area contributed by atoms with Gasteiger partial charge in [-0.2, -0.15) is 5.26 Å². The zero-order chi connectivity index (χ0) is 10.6. The van der Waals surface area contributed by atoms with Crippen LogP contribution in [0.1, 0.15) is 12.5 Å². The van der Waals surface area contributed by atoms with Gasteiger partial charge in [-0.15, -0.1) is 0 Å². The van der Waals surface area contributed by atoms with Gasteiger partial charge in [0.05, 0.1) is 11.6 Å². The molecule has 3 nitrogen and oxygen atoms in total. The summed E-state index contributed by atoms with van der Waals surface area (Å²) in [5.41, 5.74) is 7.03. The van der Waals surface area contributed by atoms with E-state index in [1.165, 1.54) is 0 Å². The van der Waals surface area contributed by atoms with E-state index in [2.05, 4.69) is 27.3 Å². The van der Waals surface area contributed by atoms with E-state index in [-0.39, 0.29) is 6.04 Å². The fraction of sp³-hybridized carbons (Fsp3) is 0.300. The molecule has 1 rings (SSSR count). The fourth-order valence-electron chi connectivity index (χ4n) is 1.08. The standard InChI is InChI=1S/C10H12BrN3/c1-7(5-12)14-10-3-8(6-13)2-9(11)4-10/h2-4,7,14H,5,12H2,1H3. The van der Waals surface area contributed by atoms with E-state index in [1.54, 1.807) is 12.1 Å². The third-order valence-corrected chi connectivity index (χ3v) is 2.25. The Kier molecular flexibility index (Phi) is 3.93. The number of benzene rings is 1. The Morgan fingerprint density at radius 2 is 2.29 bits per heavy atom. The van der Waals surface area contributed by atoms with Crippen LogP contribution >= 0.6 is 15.9 Å². The number of nitriles is 1. The van der Waals surface area contributed by atoms with Crippen LogP contribution in [0.25, 0.3) is 0 Å². The molecule has 1 aromatic carbocycles. The molecule has 0 bridgehead atoms. The van der Waals surface area contributed by atoms with Crippen LogP contribution in [0, 0.1) is 11.3 Å². The van der Waals surface area contributed by atoms with Gasteiger partial charge in [0.1, 0.15) is 0 Å². The molecule has 0 saturated heterocycles. The van der Waals surface area contributed by atoms with Gasteiger partial charge in [-0.25, -0.2) is 0 Å². The maximum absolute atomic E-state index is 8.75. The second kappa shape index (κ2) is 4.99. The molecule has 4 heteroatoms. The van der Waals surface area contributed by atoms with Gasteiger partial charge in [-0.1, -0.05) is 15.9 Å². The molecule has 1 atom stereocenters. The Balaban J connectivity index is 2.88. The van der Waals surface area contributed by atoms with Crippen molar-refractivity contribution in [3.63, 3.8) is 0 Å². The highest BCUT2D eigenvalue weighted by Gasteiger charge is 2.01. The molecular weight excluding hydrogens is 242 g/mol. The van der Waals surface area contributed by atoms with Crippen LogP contribution in [-0.4, -0.2) is 12.6 Å². The van der Waals surface area contributed by atoms with Crippen molar-refractivity contribution in [3.8, 4) is 6.07 Å². The number of anilines is 1. The van der Waals surface area contributed by atoms with E-state index in [0.29, 0.717) is 12.1 Å². The normalized spacial score (nSPS) is 11.9. The lowest BCUT2D eigenvalue weighted by Crippen LogP contribution is -2.25. The number of hydrogen-bond acceptors (Lipinski definition) is 3. The lowest BCUT2D eigenvalue weighted by molar-refractivity contribution is 0.804. The van der Waals surface area contributed by atoms with Crippen LogP contribution in [0.3, 0.4) is 0 Å². The van der Waals surface area contributed by atoms with E-state index in [4.69, 9.17) is 11.0 Å². The minimum Gasteiger partial charge on any atom is -0.381 e. The highest BCUT2D eigenvalue weighted by molar-refractivity contribution is 9.10. The second-order valence-corrected chi connectivity index (χ2v) is 4.04. The summed E-state index contributed by atoms with van der Waals surface area (Å²) in [5.74, 6) is 0. The van der Waals surface area contributed by atoms with E-state index >= 15 is 0 Å². The zero-order valence-corrected chi connectivity index (χ0v) is 9.51. The Labute approximate surface area is 92.0 Å². The Hall–Kier alpha value is -1.05. The van der Waals surface area contributed by atoms with Crippen molar-refractivity contribution in [2.24, 2.45) is 5.73 Å². The average Bonchev–Trinajstić information content (AvgIpc) is 2.16. The quantitative estimate of drug-likeness (QED) is 0.868. The highest BCUT2D eigenvalue weighted by Crippen LogP contribution is 2.19. The Bertz CT molecular complexity index is 357. The van der Waals surface area contributed by atoms with E-state index in [1.807, 2.05) is 13.0 Å². The molecule has 3 N–H and O–H groups in total. The summed E-state index contributed by atoms with van der Waals surface area (Å²) in [6, 6.07) is 7.80. The lowest BCUT2D eigenvalue weighted by atomic mass is 10.2. The summed E-state index contributed by atoms with van der Waals surface area (Å²) in [6.07, 6.45) is 0. The molecule has 0 spiro atoms. The first-order valence-corrected chi connectivity index (χ1v) is 5.12. The lowest BCUT2D eigenvalue weighted by Gasteiger charge is -2.13. The van der Waals surface area contributed by atoms with Gasteiger partial charge in [0.25, 0.3) is 0 Å². The first kappa shape index (κ1) is 11.0. The minimum atomic E-state index is 0.204. The molecule has 0 aromatic heterocycles. The fourth-order valence-corrected chi connectivity index (χ4v) is 1.57. The molecule has 0 fully saturated rings. The van der Waals surface area contributed by atoms with Crippen LogP contribution < -0.4 is 11.1 Å². The molecule has 0 aliphatic rings. The van der Waals surface area contributed by atoms with Crippen LogP contribution in [0.5, 0.6) is 0 Å². The van der Waals surface area contributed by atoms with Gasteiger partial charge in [0.15, 0.2) is 0 Å². The van der Waals surface area contributed by atoms with Gasteiger partial charge in [0.2, 0.25) is 0 Å². The number of nitrogens with two attached hydrogens (primary N) is 1. The molecule has 74 valence electrons. The monoisotopic (exact) mass is 253 g/mol. The van der Waals surface area contributed by atoms with Crippen molar-refractivity contribution in [2.45, 2.75) is 13.0 Å². The summed E-state index contributed by atoms with van der Waals surface area (Å²) in [4.78, 5) is 0. The molecule has 0 aliphatic carbocycles. The molecule has 0 radical (unpaired) electrons. The second-order valence-electron chi connectivity index (χ2n) is 3.12. The molecular formula is C10H12BrN3. The summed E-state index contributed by atoms with van der Waals surface area (Å²) in [7, 11) is 0. The Morgan fingerprint density at radius 1 is 1.57 bits per heavy atom. The first-order valence-electron chi connectivity index (χ1n) is 4.33. The minimum absolute atomic E-state index is 0.204. The van der Waals surface area contributed by atoms with E-state index in [0.717, 1.165) is 10.2 Å². The van der Waals surface area contributed by atoms with Gasteiger partial charge >= 0.3 is 0 Å². The van der Waals surface area contributed by atoms with Gasteiger partial charge in [0, 0.05) is 22.7 Å². The topological polar surface area (TPSA) is 61.8 Å². The number of halogens is 1. The van der Waals surface area contributed by atoms with Crippen molar-refractivity contribution in [1.82, 2.24) is 0 Å². The Morgan fingerprint density at radius 3 is 2.86 bits per heavy atom. The third kappa shape index (κ3) is 3.02. The van der Waals surface area contributed by atoms with Gasteiger partial charge < -0.3 is 11.1 Å². The van der Waals surface area contributed by atoms with Crippen molar-refractivity contribution in [3.05, 3.63) is 28.2 Å². The zero-order valence-electron chi connectivity index (χ0n) is 7.92. The number of rotatable bonds is 3. The van der Waals surface area contributed by atoms with Crippen LogP contribution in [0.4, 0.5) is 5.69 Å². The third-order valence-electron chi connectivity index (χ3n) is 1.79. The molecule has 0 aliphatic heterocycles. The van der Waals surface area contributed by atoms with E-state index in [9.17, 15) is 0 Å². The molecule has 1 aromatic rings. The number of nitrogens with one attached hydrogen (secondary N) is 1. The van der Waals surface area contributed by atoms with E-state index < -0.39 is 0 Å². The average molecular weight is 254 g/mol. The maximum Gasteiger partial charge on any atom is 0.0992 e. The summed E-state index contributed by atoms with van der Waals surface area (Å²) < 4.78 is 0.892. The summed E-state index contributed by atoms with van der Waals surface area (Å²) >= 11 is 3.34. The SMILES string of the molecule is CC(CN)Nc1cc(Br)cc(C#N)c1. The van der Waals surface area contributed by atoms with Crippen molar-refractivity contribution < 1.29 is 0 Å². The highest BCUT2D eigenvalue weighted by atomic mass is 79.9. The predicted molar refractivity (Wildman–Crippen MR) is 61.0 cm³/mol. The van der Waals surface area contributed by atoms with Crippen LogP contribution in [-0.2, 0) is 0 Å². The largest absolute Gasteiger partial charge is 0.381 e. The number of hydrogen-bond donors (Lipinski definition) is 2. The van der Waals surface area contributed by atoms with Gasteiger partial charge in [-0.05, 0) is 25.1 Å². The van der Waals surface area contributed by atoms with Crippen molar-refractivity contribution >= 4 is 21.6 Å². The molecule has 14 heavy (non-hydrogen) atoms. The maximum atomic E-state index is 8.75. The van der Waals surface area contributed by atoms with Crippen molar-refractivity contribution in [2.75, 3.05) is 11.9 Å². The molecule has 0 amide bonds. The molecule has 1 unspecified atom stereocenters. The predicted octanol–water partition coefficient (Wildman–Crippen LogP) is 2.08. The summed E-state index contributed by atoms with van der Waals surface area (Å²) in [5, 5.41) is 12.0. The molecule has 0 saturated carbocycles. The van der Waals surface area contributed by atoms with Crippen molar-refractivity contribution in [1.29, 1.82) is 5.26 Å². The van der Waals surface area contributed by atoms with Crippen LogP contribution in [0.15, 0.2) is 22.7 Å². The smallest absolute Gasteiger partial charge is 0.0992 e. The van der Waals surface area contributed by atoms with Gasteiger partial charge in [-0.3, -0.25) is 0 Å².